The van der Waals surface area contributed by atoms with Gasteiger partial charge in [0, 0.05) is 6.42 Å². The molecule has 3 heteroatoms. The zero-order valence-electron chi connectivity index (χ0n) is 15.4. The topological polar surface area (TPSA) is 26.3 Å². The van der Waals surface area contributed by atoms with E-state index in [0.717, 1.165) is 18.4 Å². The van der Waals surface area contributed by atoms with Crippen molar-refractivity contribution in [3.63, 3.8) is 0 Å². The smallest absolute Gasteiger partial charge is 0.192 e. The van der Waals surface area contributed by atoms with Gasteiger partial charge in [-0.05, 0) is 42.6 Å². The maximum atomic E-state index is 11.3. The monoisotopic (exact) mass is 322 g/mol. The van der Waals surface area contributed by atoms with E-state index in [-0.39, 0.29) is 16.9 Å². The van der Waals surface area contributed by atoms with E-state index in [0.29, 0.717) is 6.42 Å². The number of carbonyl (C=O) groups is 1. The molecule has 0 bridgehead atoms. The SMILES string of the molecule is CCCCC[C@@H](/C=C/C1=CC(=O)CC1)O[Si](C)(C)C(C)(C)C. The third-order valence-corrected chi connectivity index (χ3v) is 9.38. The van der Waals surface area contributed by atoms with Crippen molar-refractivity contribution >= 4 is 14.1 Å². The van der Waals surface area contributed by atoms with Crippen LogP contribution in [-0.2, 0) is 9.22 Å². The molecule has 1 atom stereocenters. The molecule has 0 fully saturated rings. The average Bonchev–Trinajstić information content (AvgIpc) is 2.80. The molecule has 0 radical (unpaired) electrons. The van der Waals surface area contributed by atoms with E-state index in [1.54, 1.807) is 6.08 Å². The lowest BCUT2D eigenvalue weighted by atomic mass is 10.1. The van der Waals surface area contributed by atoms with Crippen LogP contribution in [0.1, 0.15) is 66.2 Å². The van der Waals surface area contributed by atoms with Crippen LogP contribution in [0.4, 0.5) is 0 Å². The van der Waals surface area contributed by atoms with Crippen LogP contribution < -0.4 is 0 Å². The van der Waals surface area contributed by atoms with Gasteiger partial charge in [-0.3, -0.25) is 4.79 Å². The van der Waals surface area contributed by atoms with Crippen molar-refractivity contribution in [2.24, 2.45) is 0 Å². The maximum Gasteiger partial charge on any atom is 0.192 e. The van der Waals surface area contributed by atoms with Gasteiger partial charge in [-0.15, -0.1) is 0 Å². The minimum Gasteiger partial charge on any atom is -0.411 e. The second-order valence-corrected chi connectivity index (χ2v) is 12.7. The Kier molecular flexibility index (Phi) is 7.27. The van der Waals surface area contributed by atoms with E-state index in [1.165, 1.54) is 19.3 Å². The summed E-state index contributed by atoms with van der Waals surface area (Å²) < 4.78 is 6.58. The molecule has 0 saturated carbocycles. The van der Waals surface area contributed by atoms with Gasteiger partial charge in [0.05, 0.1) is 6.10 Å². The van der Waals surface area contributed by atoms with E-state index in [9.17, 15) is 4.79 Å². The van der Waals surface area contributed by atoms with Gasteiger partial charge >= 0.3 is 0 Å². The highest BCUT2D eigenvalue weighted by atomic mass is 28.4. The van der Waals surface area contributed by atoms with Gasteiger partial charge in [0.1, 0.15) is 0 Å². The summed E-state index contributed by atoms with van der Waals surface area (Å²) in [4.78, 5) is 11.3. The molecule has 0 aliphatic heterocycles. The Morgan fingerprint density at radius 1 is 1.27 bits per heavy atom. The predicted octanol–water partition coefficient (Wildman–Crippen LogP) is 5.80. The minimum atomic E-state index is -1.76. The van der Waals surface area contributed by atoms with Gasteiger partial charge in [-0.1, -0.05) is 59.1 Å². The second kappa shape index (κ2) is 8.26. The minimum absolute atomic E-state index is 0.184. The molecule has 2 nitrogen and oxygen atoms in total. The highest BCUT2D eigenvalue weighted by Crippen LogP contribution is 2.38. The number of ketones is 1. The zero-order chi connectivity index (χ0) is 16.8. The molecular weight excluding hydrogens is 288 g/mol. The lowest BCUT2D eigenvalue weighted by molar-refractivity contribution is -0.114. The molecule has 0 spiro atoms. The van der Waals surface area contributed by atoms with Crippen LogP contribution in [0.25, 0.3) is 0 Å². The van der Waals surface area contributed by atoms with Gasteiger partial charge in [0.25, 0.3) is 0 Å². The van der Waals surface area contributed by atoms with Crippen LogP contribution in [0, 0.1) is 0 Å². The van der Waals surface area contributed by atoms with Crippen molar-refractivity contribution in [1.29, 1.82) is 0 Å². The van der Waals surface area contributed by atoms with Gasteiger partial charge in [0.2, 0.25) is 0 Å². The molecular formula is C19H34O2Si. The average molecular weight is 323 g/mol. The Hall–Kier alpha value is -0.673. The first-order valence-electron chi connectivity index (χ1n) is 8.75. The number of carbonyl (C=O) groups excluding carboxylic acids is 1. The molecule has 126 valence electrons. The molecule has 0 aromatic carbocycles. The van der Waals surface area contributed by atoms with Crippen molar-refractivity contribution in [3.8, 4) is 0 Å². The van der Waals surface area contributed by atoms with Gasteiger partial charge in [-0.25, -0.2) is 0 Å². The molecule has 1 aliphatic rings. The van der Waals surface area contributed by atoms with Crippen LogP contribution >= 0.6 is 0 Å². The molecule has 0 aromatic heterocycles. The third-order valence-electron chi connectivity index (χ3n) is 4.88. The molecule has 1 rings (SSSR count). The van der Waals surface area contributed by atoms with E-state index < -0.39 is 8.32 Å². The van der Waals surface area contributed by atoms with Crippen LogP contribution in [0.2, 0.25) is 18.1 Å². The standard InChI is InChI=1S/C19H34O2Si/c1-7-8-9-10-18(21-22(5,6)19(2,3)4)14-12-16-11-13-17(20)15-16/h12,14-15,18H,7-11,13H2,1-6H3/b14-12+/t18-/m0/s1. The molecule has 0 unspecified atom stereocenters. The quantitative estimate of drug-likeness (QED) is 0.417. The summed E-state index contributed by atoms with van der Waals surface area (Å²) in [6, 6.07) is 0. The lowest BCUT2D eigenvalue weighted by Crippen LogP contribution is -2.43. The van der Waals surface area contributed by atoms with E-state index in [4.69, 9.17) is 4.43 Å². The van der Waals surface area contributed by atoms with Crippen LogP contribution in [-0.4, -0.2) is 20.2 Å². The molecule has 0 saturated heterocycles. The number of hydrogen-bond donors (Lipinski definition) is 0. The van der Waals surface area contributed by atoms with E-state index >= 15 is 0 Å². The molecule has 0 amide bonds. The van der Waals surface area contributed by atoms with E-state index in [2.05, 4.69) is 52.9 Å². The zero-order valence-corrected chi connectivity index (χ0v) is 16.4. The van der Waals surface area contributed by atoms with Crippen LogP contribution in [0.5, 0.6) is 0 Å². The highest BCUT2D eigenvalue weighted by molar-refractivity contribution is 6.74. The molecule has 0 N–H and O–H groups in total. The Bertz CT molecular complexity index is 427. The summed E-state index contributed by atoms with van der Waals surface area (Å²) in [6.07, 6.45) is 12.6. The van der Waals surface area contributed by atoms with Crippen molar-refractivity contribution in [2.75, 3.05) is 0 Å². The van der Waals surface area contributed by atoms with Gasteiger partial charge in [-0.2, -0.15) is 0 Å². The second-order valence-electron chi connectivity index (χ2n) is 7.96. The number of unbranched alkanes of at least 4 members (excludes halogenated alkanes) is 2. The highest BCUT2D eigenvalue weighted by Gasteiger charge is 2.38. The van der Waals surface area contributed by atoms with Crippen molar-refractivity contribution in [1.82, 2.24) is 0 Å². The summed E-state index contributed by atoms with van der Waals surface area (Å²) in [6.45, 7) is 13.7. The fraction of sp³-hybridized carbons (Fsp3) is 0.737. The summed E-state index contributed by atoms with van der Waals surface area (Å²) >= 11 is 0. The van der Waals surface area contributed by atoms with Crippen molar-refractivity contribution in [2.45, 2.75) is 90.5 Å². The maximum absolute atomic E-state index is 11.3. The normalized spacial score (nSPS) is 18.1. The van der Waals surface area contributed by atoms with Crippen molar-refractivity contribution in [3.05, 3.63) is 23.8 Å². The predicted molar refractivity (Wildman–Crippen MR) is 97.7 cm³/mol. The Morgan fingerprint density at radius 2 is 1.95 bits per heavy atom. The lowest BCUT2D eigenvalue weighted by Gasteiger charge is -2.38. The summed E-state index contributed by atoms with van der Waals surface area (Å²) in [7, 11) is -1.76. The van der Waals surface area contributed by atoms with Gasteiger partial charge in [0.15, 0.2) is 14.1 Å². The first kappa shape index (κ1) is 19.4. The summed E-state index contributed by atoms with van der Waals surface area (Å²) in [5, 5.41) is 0.229. The Balaban J connectivity index is 2.73. The van der Waals surface area contributed by atoms with Crippen LogP contribution in [0.15, 0.2) is 23.8 Å². The molecule has 1 aliphatic carbocycles. The van der Waals surface area contributed by atoms with Crippen LogP contribution in [0.3, 0.4) is 0 Å². The Labute approximate surface area is 138 Å². The fourth-order valence-corrected chi connectivity index (χ4v) is 3.63. The molecule has 0 heterocycles. The van der Waals surface area contributed by atoms with Gasteiger partial charge < -0.3 is 4.43 Å². The number of rotatable bonds is 8. The fourth-order valence-electron chi connectivity index (χ4n) is 2.33. The summed E-state index contributed by atoms with van der Waals surface area (Å²) in [5.41, 5.74) is 1.16. The Morgan fingerprint density at radius 3 is 2.45 bits per heavy atom. The largest absolute Gasteiger partial charge is 0.411 e. The van der Waals surface area contributed by atoms with E-state index in [1.807, 2.05) is 0 Å². The summed E-state index contributed by atoms with van der Waals surface area (Å²) in [5.74, 6) is 0.257. The molecule has 0 aromatic rings. The first-order valence-corrected chi connectivity index (χ1v) is 11.7. The van der Waals surface area contributed by atoms with Crippen molar-refractivity contribution < 1.29 is 9.22 Å². The first-order chi connectivity index (χ1) is 10.2. The molecule has 22 heavy (non-hydrogen) atoms. The number of hydrogen-bond acceptors (Lipinski definition) is 2. The number of allylic oxidation sites excluding steroid dienone is 3. The third kappa shape index (κ3) is 6.21.